The van der Waals surface area contributed by atoms with Crippen molar-refractivity contribution in [1.82, 2.24) is 0 Å². The third-order valence-corrected chi connectivity index (χ3v) is 4.78. The van der Waals surface area contributed by atoms with Crippen molar-refractivity contribution in [3.8, 4) is 0 Å². The van der Waals surface area contributed by atoms with Crippen LogP contribution in [0.2, 0.25) is 0 Å². The highest BCUT2D eigenvalue weighted by Crippen LogP contribution is 2.35. The number of hydrogen-bond donors (Lipinski definition) is 0. The van der Waals surface area contributed by atoms with E-state index in [2.05, 4.69) is 30.3 Å². The minimum Gasteiger partial charge on any atom is -0.134 e. The van der Waals surface area contributed by atoms with Crippen LogP contribution in [0.4, 0.5) is 0 Å². The van der Waals surface area contributed by atoms with E-state index in [1.165, 1.54) is 19.5 Å². The zero-order chi connectivity index (χ0) is 9.54. The SMILES string of the molecule is S=c1ccc2sc3ccccc3c2s1. The molecule has 0 saturated carbocycles. The second-order valence-electron chi connectivity index (χ2n) is 3.05. The Hall–Kier alpha value is -0.770. The van der Waals surface area contributed by atoms with Crippen molar-refractivity contribution >= 4 is 54.4 Å². The average molecular weight is 234 g/mol. The molecule has 0 amide bonds. The molecule has 0 spiro atoms. The van der Waals surface area contributed by atoms with Gasteiger partial charge >= 0.3 is 0 Å². The zero-order valence-electron chi connectivity index (χ0n) is 7.19. The summed E-state index contributed by atoms with van der Waals surface area (Å²) >= 11 is 8.73. The van der Waals surface area contributed by atoms with E-state index in [-0.39, 0.29) is 0 Å². The van der Waals surface area contributed by atoms with Crippen LogP contribution in [0.1, 0.15) is 0 Å². The van der Waals surface area contributed by atoms with E-state index in [1.807, 2.05) is 17.4 Å². The van der Waals surface area contributed by atoms with E-state index in [0.717, 1.165) is 3.82 Å². The first-order valence-electron chi connectivity index (χ1n) is 4.26. The van der Waals surface area contributed by atoms with Crippen LogP contribution < -0.4 is 0 Å². The van der Waals surface area contributed by atoms with Crippen LogP contribution in [-0.2, 0) is 0 Å². The van der Waals surface area contributed by atoms with Crippen molar-refractivity contribution in [2.45, 2.75) is 0 Å². The largest absolute Gasteiger partial charge is 0.134 e. The van der Waals surface area contributed by atoms with Gasteiger partial charge in [-0.25, -0.2) is 0 Å². The first-order valence-corrected chi connectivity index (χ1v) is 6.30. The molecule has 3 aromatic rings. The Balaban J connectivity index is 2.65. The van der Waals surface area contributed by atoms with Crippen molar-refractivity contribution in [2.24, 2.45) is 0 Å². The van der Waals surface area contributed by atoms with Gasteiger partial charge in [0.1, 0.15) is 0 Å². The molecule has 0 bridgehead atoms. The van der Waals surface area contributed by atoms with E-state index in [0.29, 0.717) is 0 Å². The summed E-state index contributed by atoms with van der Waals surface area (Å²) in [7, 11) is 0. The van der Waals surface area contributed by atoms with Gasteiger partial charge in [-0.1, -0.05) is 30.4 Å². The summed E-state index contributed by atoms with van der Waals surface area (Å²) in [4.78, 5) is 0. The number of hydrogen-bond acceptors (Lipinski definition) is 3. The Morgan fingerprint density at radius 3 is 2.64 bits per heavy atom. The van der Waals surface area contributed by atoms with Gasteiger partial charge in [0.25, 0.3) is 0 Å². The van der Waals surface area contributed by atoms with Crippen LogP contribution in [0, 0.1) is 3.82 Å². The molecule has 14 heavy (non-hydrogen) atoms. The van der Waals surface area contributed by atoms with Crippen molar-refractivity contribution in [1.29, 1.82) is 0 Å². The molecule has 0 aliphatic rings. The van der Waals surface area contributed by atoms with Crippen molar-refractivity contribution in [3.05, 3.63) is 40.2 Å². The molecule has 0 N–H and O–H groups in total. The number of fused-ring (bicyclic) bond motifs is 3. The van der Waals surface area contributed by atoms with Crippen LogP contribution in [0.15, 0.2) is 36.4 Å². The first kappa shape index (κ1) is 8.53. The molecule has 0 atom stereocenters. The van der Waals surface area contributed by atoms with Gasteiger partial charge in [-0.2, -0.15) is 0 Å². The van der Waals surface area contributed by atoms with Crippen molar-refractivity contribution in [2.75, 3.05) is 0 Å². The fraction of sp³-hybridized carbons (Fsp3) is 0. The van der Waals surface area contributed by atoms with Gasteiger partial charge in [-0.05, 0) is 18.2 Å². The highest BCUT2D eigenvalue weighted by atomic mass is 32.1. The van der Waals surface area contributed by atoms with Crippen LogP contribution in [0.5, 0.6) is 0 Å². The molecule has 0 unspecified atom stereocenters. The van der Waals surface area contributed by atoms with E-state index >= 15 is 0 Å². The molecule has 3 heteroatoms. The van der Waals surface area contributed by atoms with Crippen LogP contribution in [0.3, 0.4) is 0 Å². The summed E-state index contributed by atoms with van der Waals surface area (Å²) in [5.74, 6) is 0. The third-order valence-electron chi connectivity index (χ3n) is 2.15. The second-order valence-corrected chi connectivity index (χ2v) is 5.88. The van der Waals surface area contributed by atoms with Crippen LogP contribution >= 0.6 is 34.9 Å². The lowest BCUT2D eigenvalue weighted by atomic mass is 10.2. The summed E-state index contributed by atoms with van der Waals surface area (Å²) in [6.45, 7) is 0. The number of benzene rings is 1. The van der Waals surface area contributed by atoms with Gasteiger partial charge < -0.3 is 0 Å². The van der Waals surface area contributed by atoms with Crippen LogP contribution in [0.25, 0.3) is 19.5 Å². The molecule has 0 radical (unpaired) electrons. The minimum atomic E-state index is 0.959. The zero-order valence-corrected chi connectivity index (χ0v) is 9.64. The summed E-state index contributed by atoms with van der Waals surface area (Å²) in [6, 6.07) is 12.6. The molecule has 2 aromatic heterocycles. The number of thiophene rings is 1. The Kier molecular flexibility index (Phi) is 1.90. The lowest BCUT2D eigenvalue weighted by Gasteiger charge is -1.88. The normalized spacial score (nSPS) is 11.1. The molecular weight excluding hydrogens is 228 g/mol. The first-order chi connectivity index (χ1) is 6.84. The van der Waals surface area contributed by atoms with E-state index in [1.54, 1.807) is 11.3 Å². The molecule has 0 saturated heterocycles. The van der Waals surface area contributed by atoms with E-state index in [9.17, 15) is 0 Å². The molecule has 68 valence electrons. The Morgan fingerprint density at radius 1 is 0.857 bits per heavy atom. The smallest absolute Gasteiger partial charge is 0.0906 e. The topological polar surface area (TPSA) is 0 Å². The standard InChI is InChI=1S/C11H6S3/c12-10-6-5-9-11(14-10)7-3-1-2-4-8(7)13-9/h1-6H. The average Bonchev–Trinajstić information content (AvgIpc) is 2.56. The monoisotopic (exact) mass is 234 g/mol. The van der Waals surface area contributed by atoms with Gasteiger partial charge in [-0.3, -0.25) is 0 Å². The molecule has 2 heterocycles. The molecule has 0 aliphatic heterocycles. The summed E-state index contributed by atoms with van der Waals surface area (Å²) in [6.07, 6.45) is 0. The lowest BCUT2D eigenvalue weighted by Crippen LogP contribution is -1.61. The maximum absolute atomic E-state index is 5.19. The van der Waals surface area contributed by atoms with Gasteiger partial charge in [0.2, 0.25) is 0 Å². The molecule has 1 aromatic carbocycles. The van der Waals surface area contributed by atoms with Crippen molar-refractivity contribution < 1.29 is 0 Å². The minimum absolute atomic E-state index is 0.959. The van der Waals surface area contributed by atoms with E-state index in [4.69, 9.17) is 12.2 Å². The quantitative estimate of drug-likeness (QED) is 0.501. The van der Waals surface area contributed by atoms with E-state index < -0.39 is 0 Å². The predicted octanol–water partition coefficient (Wildman–Crippen LogP) is 4.85. The van der Waals surface area contributed by atoms with Gasteiger partial charge in [0.05, 0.1) is 8.52 Å². The second kappa shape index (κ2) is 3.12. The predicted molar refractivity (Wildman–Crippen MR) is 68.0 cm³/mol. The molecule has 0 fully saturated rings. The molecular formula is C11H6S3. The summed E-state index contributed by atoms with van der Waals surface area (Å²) in [5.41, 5.74) is 0. The summed E-state index contributed by atoms with van der Waals surface area (Å²) < 4.78 is 4.98. The highest BCUT2D eigenvalue weighted by Gasteiger charge is 2.03. The lowest BCUT2D eigenvalue weighted by molar-refractivity contribution is 1.87. The van der Waals surface area contributed by atoms with Gasteiger partial charge in [0, 0.05) is 14.8 Å². The Labute approximate surface area is 94.4 Å². The maximum Gasteiger partial charge on any atom is 0.0906 e. The number of rotatable bonds is 0. The fourth-order valence-corrected chi connectivity index (χ4v) is 3.96. The van der Waals surface area contributed by atoms with Gasteiger partial charge in [-0.15, -0.1) is 22.7 Å². The maximum atomic E-state index is 5.19. The Bertz CT molecular complexity index is 661. The van der Waals surface area contributed by atoms with Crippen molar-refractivity contribution in [3.63, 3.8) is 0 Å². The Morgan fingerprint density at radius 2 is 1.71 bits per heavy atom. The molecule has 0 aliphatic carbocycles. The third kappa shape index (κ3) is 1.21. The summed E-state index contributed by atoms with van der Waals surface area (Å²) in [5, 5.41) is 1.34. The molecule has 3 rings (SSSR count). The highest BCUT2D eigenvalue weighted by molar-refractivity contribution is 7.73. The molecule has 0 nitrogen and oxygen atoms in total. The fourth-order valence-electron chi connectivity index (χ4n) is 1.53. The van der Waals surface area contributed by atoms with Crippen LogP contribution in [-0.4, -0.2) is 0 Å². The van der Waals surface area contributed by atoms with Gasteiger partial charge in [0.15, 0.2) is 0 Å².